The minimum atomic E-state index is -3.64. The number of hydrogen-bond acceptors (Lipinski definition) is 4. The second-order valence-electron chi connectivity index (χ2n) is 4.08. The van der Waals surface area contributed by atoms with Crippen LogP contribution in [0.1, 0.15) is 13.8 Å². The van der Waals surface area contributed by atoms with Crippen LogP contribution in [0.15, 0.2) is 18.2 Å². The lowest BCUT2D eigenvalue weighted by atomic mass is 10.3. The predicted octanol–water partition coefficient (Wildman–Crippen LogP) is 1.57. The first kappa shape index (κ1) is 14.7. The van der Waals surface area contributed by atoms with Crippen molar-refractivity contribution >= 4 is 21.4 Å². The van der Waals surface area contributed by atoms with E-state index in [1.54, 1.807) is 13.8 Å². The third kappa shape index (κ3) is 4.89. The van der Waals surface area contributed by atoms with E-state index in [1.807, 2.05) is 0 Å². The molecule has 1 aromatic carbocycles. The summed E-state index contributed by atoms with van der Waals surface area (Å²) in [5, 5.41) is 0. The second kappa shape index (κ2) is 6.01. The number of sulfonamides is 1. The molecular formula is C11H17FN2O3S. The molecule has 18 heavy (non-hydrogen) atoms. The van der Waals surface area contributed by atoms with Crippen molar-refractivity contribution in [2.24, 2.45) is 0 Å². The average molecular weight is 276 g/mol. The summed E-state index contributed by atoms with van der Waals surface area (Å²) < 4.78 is 43.9. The van der Waals surface area contributed by atoms with Gasteiger partial charge in [-0.25, -0.2) is 12.8 Å². The maximum atomic E-state index is 13.3. The molecule has 0 amide bonds. The molecule has 0 aromatic heterocycles. The maximum absolute atomic E-state index is 13.3. The van der Waals surface area contributed by atoms with E-state index in [0.29, 0.717) is 0 Å². The molecule has 0 aliphatic carbocycles. The van der Waals surface area contributed by atoms with Gasteiger partial charge in [-0.3, -0.25) is 4.72 Å². The molecule has 0 saturated heterocycles. The Bertz CT molecular complexity index is 503. The van der Waals surface area contributed by atoms with E-state index in [9.17, 15) is 12.8 Å². The largest absolute Gasteiger partial charge is 0.399 e. The molecule has 0 saturated carbocycles. The monoisotopic (exact) mass is 276 g/mol. The van der Waals surface area contributed by atoms with Gasteiger partial charge in [-0.15, -0.1) is 0 Å². The first-order chi connectivity index (χ1) is 8.30. The number of hydrogen-bond donors (Lipinski definition) is 2. The van der Waals surface area contributed by atoms with E-state index in [-0.39, 0.29) is 29.8 Å². The number of ether oxygens (including phenoxy) is 1. The molecule has 3 N–H and O–H groups in total. The van der Waals surface area contributed by atoms with Gasteiger partial charge in [-0.05, 0) is 32.0 Å². The topological polar surface area (TPSA) is 81.4 Å². The maximum Gasteiger partial charge on any atom is 0.235 e. The van der Waals surface area contributed by atoms with Gasteiger partial charge in [0.1, 0.15) is 5.82 Å². The average Bonchev–Trinajstić information content (AvgIpc) is 2.22. The summed E-state index contributed by atoms with van der Waals surface area (Å²) in [6, 6.07) is 3.70. The molecule has 0 fully saturated rings. The minimum absolute atomic E-state index is 0.0516. The van der Waals surface area contributed by atoms with Crippen LogP contribution in [-0.4, -0.2) is 26.9 Å². The molecule has 0 unspecified atom stereocenters. The van der Waals surface area contributed by atoms with E-state index in [4.69, 9.17) is 10.5 Å². The fraction of sp³-hybridized carbons (Fsp3) is 0.455. The van der Waals surface area contributed by atoms with Gasteiger partial charge in [-0.2, -0.15) is 0 Å². The highest BCUT2D eigenvalue weighted by Crippen LogP contribution is 2.18. The van der Waals surface area contributed by atoms with Crippen LogP contribution in [0.25, 0.3) is 0 Å². The quantitative estimate of drug-likeness (QED) is 0.773. The first-order valence-electron chi connectivity index (χ1n) is 5.47. The number of benzene rings is 1. The van der Waals surface area contributed by atoms with Crippen molar-refractivity contribution in [1.29, 1.82) is 0 Å². The summed E-state index contributed by atoms with van der Waals surface area (Å²) in [5.74, 6) is -0.906. The van der Waals surface area contributed by atoms with Crippen molar-refractivity contribution in [2.75, 3.05) is 22.8 Å². The van der Waals surface area contributed by atoms with E-state index in [2.05, 4.69) is 4.72 Å². The normalized spacial score (nSPS) is 11.8. The van der Waals surface area contributed by atoms with Crippen LogP contribution in [0.4, 0.5) is 15.8 Å². The SMILES string of the molecule is CC(C)OCCS(=O)(=O)Nc1cc(N)ccc1F. The summed E-state index contributed by atoms with van der Waals surface area (Å²) in [5.41, 5.74) is 5.59. The van der Waals surface area contributed by atoms with E-state index < -0.39 is 15.8 Å². The molecule has 0 atom stereocenters. The van der Waals surface area contributed by atoms with Crippen LogP contribution < -0.4 is 10.5 Å². The zero-order chi connectivity index (χ0) is 13.8. The zero-order valence-electron chi connectivity index (χ0n) is 10.3. The first-order valence-corrected chi connectivity index (χ1v) is 7.12. The third-order valence-corrected chi connectivity index (χ3v) is 3.29. The number of nitrogen functional groups attached to an aromatic ring is 1. The van der Waals surface area contributed by atoms with Crippen molar-refractivity contribution in [3.8, 4) is 0 Å². The molecule has 0 spiro atoms. The molecule has 1 aromatic rings. The van der Waals surface area contributed by atoms with E-state index in [1.165, 1.54) is 12.1 Å². The molecule has 0 heterocycles. The molecule has 5 nitrogen and oxygen atoms in total. The number of halogens is 1. The van der Waals surface area contributed by atoms with Gasteiger partial charge in [0, 0.05) is 5.69 Å². The Morgan fingerprint density at radius 1 is 1.44 bits per heavy atom. The van der Waals surface area contributed by atoms with Crippen LogP contribution in [0, 0.1) is 5.82 Å². The highest BCUT2D eigenvalue weighted by atomic mass is 32.2. The molecule has 0 radical (unpaired) electrons. The number of rotatable bonds is 6. The molecule has 0 bridgehead atoms. The Labute approximate surface area is 106 Å². The number of anilines is 2. The molecular weight excluding hydrogens is 259 g/mol. The Hall–Kier alpha value is -1.34. The summed E-state index contributed by atoms with van der Waals surface area (Å²) in [6.07, 6.45) is -0.0516. The molecule has 7 heteroatoms. The third-order valence-electron chi connectivity index (χ3n) is 2.06. The van der Waals surface area contributed by atoms with Crippen LogP contribution in [0.2, 0.25) is 0 Å². The van der Waals surface area contributed by atoms with Gasteiger partial charge in [0.05, 0.1) is 24.2 Å². The standard InChI is InChI=1S/C11H17FN2O3S/c1-8(2)17-5-6-18(15,16)14-11-7-9(13)3-4-10(11)12/h3-4,7-8,14H,5-6,13H2,1-2H3. The van der Waals surface area contributed by atoms with Crippen molar-refractivity contribution in [1.82, 2.24) is 0 Å². The number of nitrogens with two attached hydrogens (primary N) is 1. The molecule has 0 aliphatic rings. The Morgan fingerprint density at radius 3 is 2.72 bits per heavy atom. The van der Waals surface area contributed by atoms with Gasteiger partial charge in [-0.1, -0.05) is 0 Å². The highest BCUT2D eigenvalue weighted by Gasteiger charge is 2.13. The fourth-order valence-electron chi connectivity index (χ4n) is 1.23. The smallest absolute Gasteiger partial charge is 0.235 e. The van der Waals surface area contributed by atoms with Gasteiger partial charge in [0.25, 0.3) is 0 Å². The Morgan fingerprint density at radius 2 is 2.11 bits per heavy atom. The lowest BCUT2D eigenvalue weighted by molar-refractivity contribution is 0.0913. The van der Waals surface area contributed by atoms with Crippen LogP contribution in [-0.2, 0) is 14.8 Å². The van der Waals surface area contributed by atoms with E-state index >= 15 is 0 Å². The number of nitrogens with one attached hydrogen (secondary N) is 1. The molecule has 1 rings (SSSR count). The fourth-order valence-corrected chi connectivity index (χ4v) is 2.14. The van der Waals surface area contributed by atoms with Crippen molar-refractivity contribution < 1.29 is 17.5 Å². The van der Waals surface area contributed by atoms with Crippen molar-refractivity contribution in [3.05, 3.63) is 24.0 Å². The zero-order valence-corrected chi connectivity index (χ0v) is 11.1. The van der Waals surface area contributed by atoms with Gasteiger partial charge in [0.15, 0.2) is 0 Å². The van der Waals surface area contributed by atoms with Gasteiger partial charge < -0.3 is 10.5 Å². The Balaban J connectivity index is 2.67. The van der Waals surface area contributed by atoms with Crippen molar-refractivity contribution in [3.63, 3.8) is 0 Å². The second-order valence-corrected chi connectivity index (χ2v) is 5.92. The van der Waals surface area contributed by atoms with Gasteiger partial charge >= 0.3 is 0 Å². The van der Waals surface area contributed by atoms with Gasteiger partial charge in [0.2, 0.25) is 10.0 Å². The molecule has 0 aliphatic heterocycles. The predicted molar refractivity (Wildman–Crippen MR) is 69.3 cm³/mol. The molecule has 102 valence electrons. The van der Waals surface area contributed by atoms with Crippen molar-refractivity contribution in [2.45, 2.75) is 20.0 Å². The van der Waals surface area contributed by atoms with Crippen LogP contribution in [0.3, 0.4) is 0 Å². The Kier molecular flexibility index (Phi) is 4.92. The van der Waals surface area contributed by atoms with Crippen LogP contribution >= 0.6 is 0 Å². The summed E-state index contributed by atoms with van der Waals surface area (Å²) >= 11 is 0. The lowest BCUT2D eigenvalue weighted by Crippen LogP contribution is -2.22. The highest BCUT2D eigenvalue weighted by molar-refractivity contribution is 7.92. The lowest BCUT2D eigenvalue weighted by Gasteiger charge is -2.11. The summed E-state index contributed by atoms with van der Waals surface area (Å²) in [7, 11) is -3.64. The van der Waals surface area contributed by atoms with E-state index in [0.717, 1.165) is 6.07 Å². The summed E-state index contributed by atoms with van der Waals surface area (Å²) in [6.45, 7) is 3.66. The summed E-state index contributed by atoms with van der Waals surface area (Å²) in [4.78, 5) is 0. The minimum Gasteiger partial charge on any atom is -0.399 e. The van der Waals surface area contributed by atoms with Crippen LogP contribution in [0.5, 0.6) is 0 Å².